The van der Waals surface area contributed by atoms with Crippen molar-refractivity contribution in [3.8, 4) is 0 Å². The zero-order chi connectivity index (χ0) is 17.7. The Morgan fingerprint density at radius 1 is 1.12 bits per heavy atom. The summed E-state index contributed by atoms with van der Waals surface area (Å²) in [6.07, 6.45) is 4.33. The summed E-state index contributed by atoms with van der Waals surface area (Å²) in [5, 5.41) is 5.96. The number of carbonyl (C=O) groups excluding carboxylic acids is 2. The Balaban J connectivity index is 2.04. The molecule has 3 atom stereocenters. The third kappa shape index (κ3) is 4.59. The van der Waals surface area contributed by atoms with Crippen molar-refractivity contribution in [2.75, 3.05) is 5.32 Å². The summed E-state index contributed by atoms with van der Waals surface area (Å²) in [5.41, 5.74) is 1.81. The van der Waals surface area contributed by atoms with E-state index in [0.29, 0.717) is 5.92 Å². The zero-order valence-electron chi connectivity index (χ0n) is 15.3. The molecule has 0 heterocycles. The number of amides is 2. The highest BCUT2D eigenvalue weighted by Gasteiger charge is 2.32. The SMILES string of the molecule is Cc1ccccc1NC(=O)[C@H](NC(=O)[C@@H]1CCCC[C@@H]1C)C(C)C. The first-order valence-electron chi connectivity index (χ1n) is 9.07. The van der Waals surface area contributed by atoms with E-state index in [0.717, 1.165) is 30.5 Å². The molecule has 1 aromatic carbocycles. The van der Waals surface area contributed by atoms with Crippen LogP contribution in [0.3, 0.4) is 0 Å². The minimum atomic E-state index is -0.508. The normalized spacial score (nSPS) is 22.0. The van der Waals surface area contributed by atoms with Crippen LogP contribution in [0.2, 0.25) is 0 Å². The van der Waals surface area contributed by atoms with Crippen LogP contribution in [-0.2, 0) is 9.59 Å². The van der Waals surface area contributed by atoms with Crippen molar-refractivity contribution in [3.05, 3.63) is 29.8 Å². The van der Waals surface area contributed by atoms with Crippen molar-refractivity contribution < 1.29 is 9.59 Å². The van der Waals surface area contributed by atoms with Gasteiger partial charge in [-0.25, -0.2) is 0 Å². The predicted octanol–water partition coefficient (Wildman–Crippen LogP) is 3.90. The first kappa shape index (κ1) is 18.5. The van der Waals surface area contributed by atoms with Gasteiger partial charge in [-0.2, -0.15) is 0 Å². The van der Waals surface area contributed by atoms with Gasteiger partial charge in [0.05, 0.1) is 0 Å². The number of nitrogens with one attached hydrogen (secondary N) is 2. The lowest BCUT2D eigenvalue weighted by atomic mass is 9.79. The second-order valence-electron chi connectivity index (χ2n) is 7.40. The van der Waals surface area contributed by atoms with Crippen LogP contribution in [0.5, 0.6) is 0 Å². The van der Waals surface area contributed by atoms with Crippen molar-refractivity contribution in [2.24, 2.45) is 17.8 Å². The van der Waals surface area contributed by atoms with E-state index in [-0.39, 0.29) is 23.7 Å². The average molecular weight is 330 g/mol. The molecule has 4 nitrogen and oxygen atoms in total. The highest BCUT2D eigenvalue weighted by molar-refractivity contribution is 5.98. The lowest BCUT2D eigenvalue weighted by Gasteiger charge is -2.30. The van der Waals surface area contributed by atoms with Crippen LogP contribution in [-0.4, -0.2) is 17.9 Å². The summed E-state index contributed by atoms with van der Waals surface area (Å²) in [6.45, 7) is 8.03. The molecule has 1 aromatic rings. The zero-order valence-corrected chi connectivity index (χ0v) is 15.3. The molecule has 1 saturated carbocycles. The smallest absolute Gasteiger partial charge is 0.247 e. The van der Waals surface area contributed by atoms with E-state index in [9.17, 15) is 9.59 Å². The summed E-state index contributed by atoms with van der Waals surface area (Å²) >= 11 is 0. The fourth-order valence-corrected chi connectivity index (χ4v) is 3.42. The number of para-hydroxylation sites is 1. The Morgan fingerprint density at radius 3 is 2.42 bits per heavy atom. The predicted molar refractivity (Wildman–Crippen MR) is 97.7 cm³/mol. The highest BCUT2D eigenvalue weighted by Crippen LogP contribution is 2.30. The van der Waals surface area contributed by atoms with E-state index in [1.165, 1.54) is 6.42 Å². The molecule has 0 unspecified atom stereocenters. The third-order valence-electron chi connectivity index (χ3n) is 5.10. The van der Waals surface area contributed by atoms with Gasteiger partial charge >= 0.3 is 0 Å². The average Bonchev–Trinajstić information content (AvgIpc) is 2.54. The molecule has 2 rings (SSSR count). The minimum absolute atomic E-state index is 0.0285. The van der Waals surface area contributed by atoms with E-state index >= 15 is 0 Å². The molecular formula is C20H30N2O2. The van der Waals surface area contributed by atoms with Crippen LogP contribution in [0, 0.1) is 24.7 Å². The van der Waals surface area contributed by atoms with Crippen LogP contribution in [0.1, 0.15) is 52.0 Å². The third-order valence-corrected chi connectivity index (χ3v) is 5.10. The van der Waals surface area contributed by atoms with Gasteiger partial charge < -0.3 is 10.6 Å². The van der Waals surface area contributed by atoms with Crippen LogP contribution in [0.15, 0.2) is 24.3 Å². The molecule has 0 saturated heterocycles. The van der Waals surface area contributed by atoms with Crippen molar-refractivity contribution in [3.63, 3.8) is 0 Å². The lowest BCUT2D eigenvalue weighted by Crippen LogP contribution is -2.50. The van der Waals surface area contributed by atoms with Crippen LogP contribution in [0.4, 0.5) is 5.69 Å². The van der Waals surface area contributed by atoms with Crippen molar-refractivity contribution in [2.45, 2.75) is 59.4 Å². The number of aryl methyl sites for hydroxylation is 1. The second kappa shape index (κ2) is 8.32. The monoisotopic (exact) mass is 330 g/mol. The Labute approximate surface area is 145 Å². The van der Waals surface area contributed by atoms with Crippen LogP contribution in [0.25, 0.3) is 0 Å². The number of hydrogen-bond donors (Lipinski definition) is 2. The molecule has 1 fully saturated rings. The maximum Gasteiger partial charge on any atom is 0.247 e. The number of rotatable bonds is 5. The largest absolute Gasteiger partial charge is 0.344 e. The summed E-state index contributed by atoms with van der Waals surface area (Å²) in [4.78, 5) is 25.3. The first-order chi connectivity index (χ1) is 11.4. The molecule has 24 heavy (non-hydrogen) atoms. The molecular weight excluding hydrogens is 300 g/mol. The molecule has 0 aromatic heterocycles. The summed E-state index contributed by atoms with van der Waals surface area (Å²) in [6, 6.07) is 7.18. The number of hydrogen-bond acceptors (Lipinski definition) is 2. The van der Waals surface area contributed by atoms with E-state index in [1.54, 1.807) is 0 Å². The van der Waals surface area contributed by atoms with Crippen molar-refractivity contribution in [1.29, 1.82) is 0 Å². The number of carbonyl (C=O) groups is 2. The Bertz CT molecular complexity index is 583. The van der Waals surface area contributed by atoms with E-state index in [1.807, 2.05) is 45.0 Å². The maximum absolute atomic E-state index is 12.7. The Hall–Kier alpha value is -1.84. The van der Waals surface area contributed by atoms with E-state index in [2.05, 4.69) is 17.6 Å². The molecule has 4 heteroatoms. The molecule has 1 aliphatic rings. The van der Waals surface area contributed by atoms with Crippen LogP contribution >= 0.6 is 0 Å². The standard InChI is InChI=1S/C20H30N2O2/c1-13(2)18(20(24)21-17-12-8-6-10-15(17)4)22-19(23)16-11-7-5-9-14(16)3/h6,8,10,12-14,16,18H,5,7,9,11H2,1-4H3,(H,21,24)(H,22,23)/t14-,16+,18+/m0/s1. The van der Waals surface area contributed by atoms with Crippen LogP contribution < -0.4 is 10.6 Å². The molecule has 0 bridgehead atoms. The van der Waals surface area contributed by atoms with Gasteiger partial charge in [0, 0.05) is 11.6 Å². The van der Waals surface area contributed by atoms with Gasteiger partial charge in [0.25, 0.3) is 0 Å². The van der Waals surface area contributed by atoms with Gasteiger partial charge in [0.1, 0.15) is 6.04 Å². The fourth-order valence-electron chi connectivity index (χ4n) is 3.42. The summed E-state index contributed by atoms with van der Waals surface area (Å²) < 4.78 is 0. The molecule has 2 amide bonds. The lowest BCUT2D eigenvalue weighted by molar-refractivity contribution is -0.132. The van der Waals surface area contributed by atoms with E-state index < -0.39 is 6.04 Å². The van der Waals surface area contributed by atoms with E-state index in [4.69, 9.17) is 0 Å². The molecule has 0 radical (unpaired) electrons. The van der Waals surface area contributed by atoms with Crippen molar-refractivity contribution in [1.82, 2.24) is 5.32 Å². The quantitative estimate of drug-likeness (QED) is 0.860. The summed E-state index contributed by atoms with van der Waals surface area (Å²) in [5.74, 6) is 0.353. The van der Waals surface area contributed by atoms with Gasteiger partial charge in [0.2, 0.25) is 11.8 Å². The highest BCUT2D eigenvalue weighted by atomic mass is 16.2. The fraction of sp³-hybridized carbons (Fsp3) is 0.600. The van der Waals surface area contributed by atoms with Gasteiger partial charge in [-0.05, 0) is 43.2 Å². The van der Waals surface area contributed by atoms with Gasteiger partial charge in [0.15, 0.2) is 0 Å². The first-order valence-corrected chi connectivity index (χ1v) is 9.07. The molecule has 0 aliphatic heterocycles. The molecule has 0 spiro atoms. The topological polar surface area (TPSA) is 58.2 Å². The Morgan fingerprint density at radius 2 is 1.79 bits per heavy atom. The number of benzene rings is 1. The van der Waals surface area contributed by atoms with Crippen molar-refractivity contribution >= 4 is 17.5 Å². The minimum Gasteiger partial charge on any atom is -0.344 e. The summed E-state index contributed by atoms with van der Waals surface area (Å²) in [7, 11) is 0. The second-order valence-corrected chi connectivity index (χ2v) is 7.40. The number of anilines is 1. The molecule has 2 N–H and O–H groups in total. The molecule has 1 aliphatic carbocycles. The molecule has 132 valence electrons. The van der Waals surface area contributed by atoms with Gasteiger partial charge in [-0.3, -0.25) is 9.59 Å². The maximum atomic E-state index is 12.7. The van der Waals surface area contributed by atoms with Gasteiger partial charge in [-0.1, -0.05) is 51.8 Å². The van der Waals surface area contributed by atoms with Gasteiger partial charge in [-0.15, -0.1) is 0 Å². The Kier molecular flexibility index (Phi) is 6.41.